The molecular weight excluding hydrogens is 305 g/mol. The fourth-order valence-electron chi connectivity index (χ4n) is 2.34. The van der Waals surface area contributed by atoms with Gasteiger partial charge in [0.25, 0.3) is 0 Å². The number of hydrogen-bond donors (Lipinski definition) is 1. The first-order valence-corrected chi connectivity index (χ1v) is 6.85. The Bertz CT molecular complexity index is 829. The molecule has 0 spiro atoms. The average molecular weight is 318 g/mol. The second-order valence-electron chi connectivity index (χ2n) is 4.91. The Hall–Kier alpha value is -2.76. The van der Waals surface area contributed by atoms with Crippen LogP contribution in [-0.4, -0.2) is 12.1 Å². The minimum absolute atomic E-state index is 0.0708. The predicted molar refractivity (Wildman–Crippen MR) is 83.0 cm³/mol. The van der Waals surface area contributed by atoms with E-state index in [2.05, 4.69) is 10.3 Å². The number of ether oxygens (including phenoxy) is 1. The van der Waals surface area contributed by atoms with Crippen molar-refractivity contribution in [1.82, 2.24) is 4.98 Å². The lowest BCUT2D eigenvalue weighted by molar-refractivity contribution is -0.136. The van der Waals surface area contributed by atoms with Crippen LogP contribution in [0.5, 0.6) is 5.75 Å². The van der Waals surface area contributed by atoms with Gasteiger partial charge in [0.15, 0.2) is 0 Å². The van der Waals surface area contributed by atoms with Crippen molar-refractivity contribution in [3.8, 4) is 5.75 Å². The second-order valence-corrected chi connectivity index (χ2v) is 4.91. The van der Waals surface area contributed by atoms with Gasteiger partial charge in [-0.1, -0.05) is 12.1 Å². The SMILES string of the molecule is COc1ccc(Nc2ccnc3c(C(F)(F)F)cccc23)cc1. The fourth-order valence-corrected chi connectivity index (χ4v) is 2.34. The number of pyridine rings is 1. The third-order valence-electron chi connectivity index (χ3n) is 3.45. The first-order chi connectivity index (χ1) is 11.0. The highest BCUT2D eigenvalue weighted by molar-refractivity contribution is 5.94. The van der Waals surface area contributed by atoms with Crippen LogP contribution in [0, 0.1) is 0 Å². The number of hydrogen-bond acceptors (Lipinski definition) is 3. The zero-order chi connectivity index (χ0) is 16.4. The van der Waals surface area contributed by atoms with Gasteiger partial charge in [0.1, 0.15) is 5.75 Å². The van der Waals surface area contributed by atoms with Crippen molar-refractivity contribution in [3.63, 3.8) is 0 Å². The molecule has 3 aromatic rings. The van der Waals surface area contributed by atoms with Crippen molar-refractivity contribution in [3.05, 3.63) is 60.3 Å². The Kier molecular flexibility index (Phi) is 3.82. The van der Waals surface area contributed by atoms with E-state index in [1.165, 1.54) is 12.3 Å². The predicted octanol–water partition coefficient (Wildman–Crippen LogP) is 5.01. The van der Waals surface area contributed by atoms with Crippen LogP contribution in [0.2, 0.25) is 0 Å². The summed E-state index contributed by atoms with van der Waals surface area (Å²) >= 11 is 0. The molecule has 1 N–H and O–H groups in total. The van der Waals surface area contributed by atoms with E-state index >= 15 is 0 Å². The molecule has 0 aliphatic heterocycles. The van der Waals surface area contributed by atoms with Crippen LogP contribution < -0.4 is 10.1 Å². The van der Waals surface area contributed by atoms with Gasteiger partial charge in [-0.2, -0.15) is 13.2 Å². The molecule has 118 valence electrons. The fraction of sp³-hybridized carbons (Fsp3) is 0.118. The molecule has 0 amide bonds. The Balaban J connectivity index is 2.04. The highest BCUT2D eigenvalue weighted by Gasteiger charge is 2.33. The topological polar surface area (TPSA) is 34.1 Å². The number of aromatic nitrogens is 1. The van der Waals surface area contributed by atoms with Crippen LogP contribution in [0.4, 0.5) is 24.5 Å². The Morgan fingerprint density at radius 1 is 1.00 bits per heavy atom. The van der Waals surface area contributed by atoms with Crippen LogP contribution in [0.3, 0.4) is 0 Å². The van der Waals surface area contributed by atoms with Crippen LogP contribution in [0.1, 0.15) is 5.56 Å². The van der Waals surface area contributed by atoms with Gasteiger partial charge in [-0.3, -0.25) is 4.98 Å². The molecule has 0 saturated carbocycles. The number of halogens is 3. The van der Waals surface area contributed by atoms with E-state index in [-0.39, 0.29) is 5.52 Å². The molecule has 0 bridgehead atoms. The molecule has 0 fully saturated rings. The number of para-hydroxylation sites is 1. The summed E-state index contributed by atoms with van der Waals surface area (Å²) in [7, 11) is 1.57. The minimum Gasteiger partial charge on any atom is -0.497 e. The summed E-state index contributed by atoms with van der Waals surface area (Å²) < 4.78 is 44.3. The van der Waals surface area contributed by atoms with Crippen molar-refractivity contribution in [2.24, 2.45) is 0 Å². The summed E-state index contributed by atoms with van der Waals surface area (Å²) in [4.78, 5) is 3.90. The van der Waals surface area contributed by atoms with E-state index in [0.717, 1.165) is 11.8 Å². The number of rotatable bonds is 3. The summed E-state index contributed by atoms with van der Waals surface area (Å²) in [6, 6.07) is 12.8. The molecule has 0 aliphatic carbocycles. The molecular formula is C17H13F3N2O. The monoisotopic (exact) mass is 318 g/mol. The molecule has 2 aromatic carbocycles. The van der Waals surface area contributed by atoms with Gasteiger partial charge in [0.05, 0.1) is 18.2 Å². The first-order valence-electron chi connectivity index (χ1n) is 6.85. The quantitative estimate of drug-likeness (QED) is 0.737. The van der Waals surface area contributed by atoms with Gasteiger partial charge in [0.2, 0.25) is 0 Å². The highest BCUT2D eigenvalue weighted by atomic mass is 19.4. The van der Waals surface area contributed by atoms with Crippen molar-refractivity contribution < 1.29 is 17.9 Å². The van der Waals surface area contributed by atoms with Gasteiger partial charge in [-0.15, -0.1) is 0 Å². The first kappa shape index (κ1) is 15.1. The van der Waals surface area contributed by atoms with Crippen molar-refractivity contribution in [1.29, 1.82) is 0 Å². The van der Waals surface area contributed by atoms with E-state index in [1.54, 1.807) is 43.5 Å². The van der Waals surface area contributed by atoms with Gasteiger partial charge in [-0.05, 0) is 36.4 Å². The number of benzene rings is 2. The van der Waals surface area contributed by atoms with Gasteiger partial charge >= 0.3 is 6.18 Å². The lowest BCUT2D eigenvalue weighted by atomic mass is 10.1. The minimum atomic E-state index is -4.44. The summed E-state index contributed by atoms with van der Waals surface area (Å²) in [5, 5.41) is 3.53. The van der Waals surface area contributed by atoms with Crippen LogP contribution in [0.15, 0.2) is 54.7 Å². The third-order valence-corrected chi connectivity index (χ3v) is 3.45. The average Bonchev–Trinajstić information content (AvgIpc) is 2.54. The van der Waals surface area contributed by atoms with Crippen molar-refractivity contribution in [2.75, 3.05) is 12.4 Å². The molecule has 23 heavy (non-hydrogen) atoms. The maximum Gasteiger partial charge on any atom is 0.418 e. The summed E-state index contributed by atoms with van der Waals surface area (Å²) in [5.41, 5.74) is 0.494. The summed E-state index contributed by atoms with van der Waals surface area (Å²) in [6.07, 6.45) is -3.07. The molecule has 0 aliphatic rings. The largest absolute Gasteiger partial charge is 0.497 e. The normalized spacial score (nSPS) is 11.5. The zero-order valence-corrected chi connectivity index (χ0v) is 12.2. The maximum absolute atomic E-state index is 13.1. The smallest absolute Gasteiger partial charge is 0.418 e. The molecule has 0 radical (unpaired) electrons. The number of nitrogens with one attached hydrogen (secondary N) is 1. The van der Waals surface area contributed by atoms with E-state index in [0.29, 0.717) is 16.8 Å². The lowest BCUT2D eigenvalue weighted by Crippen LogP contribution is -2.06. The Morgan fingerprint density at radius 3 is 2.39 bits per heavy atom. The van der Waals surface area contributed by atoms with Crippen LogP contribution in [0.25, 0.3) is 10.9 Å². The van der Waals surface area contributed by atoms with E-state index in [9.17, 15) is 13.2 Å². The van der Waals surface area contributed by atoms with Gasteiger partial charge in [-0.25, -0.2) is 0 Å². The number of methoxy groups -OCH3 is 1. The molecule has 1 aromatic heterocycles. The summed E-state index contributed by atoms with van der Waals surface area (Å²) in [6.45, 7) is 0. The van der Waals surface area contributed by atoms with E-state index < -0.39 is 11.7 Å². The van der Waals surface area contributed by atoms with Gasteiger partial charge in [0, 0.05) is 23.0 Å². The van der Waals surface area contributed by atoms with E-state index in [1.807, 2.05) is 0 Å². The molecule has 6 heteroatoms. The number of nitrogens with zero attached hydrogens (tertiary/aromatic N) is 1. The van der Waals surface area contributed by atoms with Crippen molar-refractivity contribution in [2.45, 2.75) is 6.18 Å². The third kappa shape index (κ3) is 3.06. The number of fused-ring (bicyclic) bond motifs is 1. The number of anilines is 2. The van der Waals surface area contributed by atoms with E-state index in [4.69, 9.17) is 4.74 Å². The molecule has 1 heterocycles. The molecule has 0 atom stereocenters. The molecule has 3 rings (SSSR count). The van der Waals surface area contributed by atoms with Crippen molar-refractivity contribution >= 4 is 22.3 Å². The Labute approximate surface area is 130 Å². The number of alkyl halides is 3. The van der Waals surface area contributed by atoms with Crippen LogP contribution >= 0.6 is 0 Å². The molecule has 0 saturated heterocycles. The second kappa shape index (κ2) is 5.79. The lowest BCUT2D eigenvalue weighted by Gasteiger charge is -2.13. The molecule has 0 unspecified atom stereocenters. The van der Waals surface area contributed by atoms with Gasteiger partial charge < -0.3 is 10.1 Å². The Morgan fingerprint density at radius 2 is 1.74 bits per heavy atom. The molecule has 3 nitrogen and oxygen atoms in total. The summed E-state index contributed by atoms with van der Waals surface area (Å²) in [5.74, 6) is 0.703. The standard InChI is InChI=1S/C17H13F3N2O/c1-23-12-7-5-11(6-8-12)22-15-9-10-21-16-13(15)3-2-4-14(16)17(18,19)20/h2-10H,1H3,(H,21,22). The van der Waals surface area contributed by atoms with Crippen LogP contribution in [-0.2, 0) is 6.18 Å². The zero-order valence-electron chi connectivity index (χ0n) is 12.2. The maximum atomic E-state index is 13.1. The highest BCUT2D eigenvalue weighted by Crippen LogP contribution is 2.36.